The number of rotatable bonds is 2. The predicted molar refractivity (Wildman–Crippen MR) is 115 cm³/mol. The van der Waals surface area contributed by atoms with Gasteiger partial charge in [-0.05, 0) is 42.8 Å². The van der Waals surface area contributed by atoms with Crippen molar-refractivity contribution >= 4 is 34.7 Å². The number of carbonyl (C=O) groups excluding carboxylic acids is 1. The first-order valence-electron chi connectivity index (χ1n) is 9.56. The Kier molecular flexibility index (Phi) is 6.12. The standard InChI is InChI=1S/C22H23N3O.CH2O2/c1-14-15(2)25(16(3)26)21-12-5-4-8-18(21)22(14)24-20-11-6-10-19-17(20)9-7-13-23-19;2-1-3/h4-15,22,24H,1-3H3;1H,(H,2,3)/t14-,15-,22+;/m0./s1. The number of para-hydroxylation sites is 1. The summed E-state index contributed by atoms with van der Waals surface area (Å²) in [6.45, 7) is 5.73. The average Bonchev–Trinajstić information content (AvgIpc) is 2.72. The van der Waals surface area contributed by atoms with Crippen LogP contribution >= 0.6 is 0 Å². The second-order valence-corrected chi connectivity index (χ2v) is 7.15. The second kappa shape index (κ2) is 8.73. The summed E-state index contributed by atoms with van der Waals surface area (Å²) in [5.74, 6) is 0.352. The van der Waals surface area contributed by atoms with Crippen molar-refractivity contribution in [2.45, 2.75) is 32.9 Å². The van der Waals surface area contributed by atoms with Crippen LogP contribution in [0, 0.1) is 5.92 Å². The lowest BCUT2D eigenvalue weighted by atomic mass is 9.82. The molecule has 1 aliphatic rings. The van der Waals surface area contributed by atoms with Gasteiger partial charge in [-0.3, -0.25) is 14.6 Å². The Labute approximate surface area is 170 Å². The fourth-order valence-electron chi connectivity index (χ4n) is 4.05. The average molecular weight is 391 g/mol. The molecule has 0 radical (unpaired) electrons. The lowest BCUT2D eigenvalue weighted by Crippen LogP contribution is -2.48. The molecule has 3 aromatic rings. The molecule has 3 atom stereocenters. The smallest absolute Gasteiger partial charge is 0.290 e. The monoisotopic (exact) mass is 391 g/mol. The maximum Gasteiger partial charge on any atom is 0.290 e. The third kappa shape index (κ3) is 3.92. The van der Waals surface area contributed by atoms with Gasteiger partial charge in [0, 0.05) is 41.8 Å². The van der Waals surface area contributed by atoms with E-state index in [1.54, 1.807) is 6.92 Å². The minimum atomic E-state index is -0.250. The number of amides is 1. The second-order valence-electron chi connectivity index (χ2n) is 7.15. The summed E-state index contributed by atoms with van der Waals surface area (Å²) < 4.78 is 0. The first kappa shape index (κ1) is 20.3. The van der Waals surface area contributed by atoms with E-state index in [9.17, 15) is 4.79 Å². The van der Waals surface area contributed by atoms with Crippen LogP contribution in [0.2, 0.25) is 0 Å². The van der Waals surface area contributed by atoms with Crippen LogP contribution in [0.3, 0.4) is 0 Å². The number of aromatic nitrogens is 1. The van der Waals surface area contributed by atoms with Gasteiger partial charge in [0.05, 0.1) is 11.6 Å². The predicted octanol–water partition coefficient (Wildman–Crippen LogP) is 4.48. The zero-order chi connectivity index (χ0) is 21.0. The highest BCUT2D eigenvalue weighted by Crippen LogP contribution is 2.42. The number of carboxylic acid groups (broad SMARTS) is 1. The molecule has 1 amide bonds. The Morgan fingerprint density at radius 2 is 1.83 bits per heavy atom. The van der Waals surface area contributed by atoms with Gasteiger partial charge >= 0.3 is 0 Å². The van der Waals surface area contributed by atoms with Gasteiger partial charge < -0.3 is 15.3 Å². The van der Waals surface area contributed by atoms with Crippen molar-refractivity contribution in [2.75, 3.05) is 10.2 Å². The van der Waals surface area contributed by atoms with Crippen LogP contribution < -0.4 is 10.2 Å². The third-order valence-electron chi connectivity index (χ3n) is 5.52. The van der Waals surface area contributed by atoms with E-state index in [-0.39, 0.29) is 30.4 Å². The largest absolute Gasteiger partial charge is 0.483 e. The maximum absolute atomic E-state index is 12.3. The van der Waals surface area contributed by atoms with E-state index in [1.807, 2.05) is 47.5 Å². The molecule has 1 aromatic heterocycles. The Morgan fingerprint density at radius 3 is 2.55 bits per heavy atom. The van der Waals surface area contributed by atoms with Crippen molar-refractivity contribution in [1.82, 2.24) is 4.98 Å². The fourth-order valence-corrected chi connectivity index (χ4v) is 4.05. The highest BCUT2D eigenvalue weighted by molar-refractivity contribution is 5.95. The van der Waals surface area contributed by atoms with Crippen LogP contribution in [0.4, 0.5) is 11.4 Å². The Balaban J connectivity index is 0.000000755. The molecule has 0 unspecified atom stereocenters. The number of nitrogens with zero attached hydrogens (tertiary/aromatic N) is 2. The highest BCUT2D eigenvalue weighted by atomic mass is 16.3. The molecular weight excluding hydrogens is 366 g/mol. The van der Waals surface area contributed by atoms with E-state index in [0.29, 0.717) is 0 Å². The number of carbonyl (C=O) groups is 2. The van der Waals surface area contributed by atoms with Crippen molar-refractivity contribution < 1.29 is 14.7 Å². The molecule has 4 rings (SSSR count). The third-order valence-corrected chi connectivity index (χ3v) is 5.52. The first-order valence-corrected chi connectivity index (χ1v) is 9.56. The van der Waals surface area contributed by atoms with E-state index >= 15 is 0 Å². The van der Waals surface area contributed by atoms with Gasteiger partial charge in [-0.25, -0.2) is 0 Å². The number of anilines is 2. The molecular formula is C23H25N3O3. The molecule has 2 heterocycles. The van der Waals surface area contributed by atoms with Crippen molar-refractivity contribution in [3.63, 3.8) is 0 Å². The molecule has 0 bridgehead atoms. The van der Waals surface area contributed by atoms with E-state index in [1.165, 1.54) is 0 Å². The molecule has 6 nitrogen and oxygen atoms in total. The number of hydrogen-bond donors (Lipinski definition) is 2. The fraction of sp³-hybridized carbons (Fsp3) is 0.261. The molecule has 6 heteroatoms. The topological polar surface area (TPSA) is 82.5 Å². The molecule has 150 valence electrons. The Bertz CT molecular complexity index is 1020. The van der Waals surface area contributed by atoms with Crippen LogP contribution in [0.5, 0.6) is 0 Å². The number of hydrogen-bond acceptors (Lipinski definition) is 4. The quantitative estimate of drug-likeness (QED) is 0.630. The lowest BCUT2D eigenvalue weighted by molar-refractivity contribution is -0.123. The van der Waals surface area contributed by atoms with Gasteiger partial charge in [0.1, 0.15) is 0 Å². The molecule has 2 aromatic carbocycles. The van der Waals surface area contributed by atoms with Crippen LogP contribution in [0.15, 0.2) is 60.8 Å². The Hall–Kier alpha value is -3.41. The molecule has 2 N–H and O–H groups in total. The molecule has 0 spiro atoms. The normalized spacial score (nSPS) is 20.2. The van der Waals surface area contributed by atoms with Crippen molar-refractivity contribution in [3.05, 3.63) is 66.4 Å². The van der Waals surface area contributed by atoms with Crippen molar-refractivity contribution in [3.8, 4) is 0 Å². The minimum absolute atomic E-state index is 0.0876. The van der Waals surface area contributed by atoms with E-state index in [4.69, 9.17) is 9.90 Å². The first-order chi connectivity index (χ1) is 14.0. The summed E-state index contributed by atoms with van der Waals surface area (Å²) in [6.07, 6.45) is 1.82. The van der Waals surface area contributed by atoms with E-state index in [0.717, 1.165) is 27.8 Å². The summed E-state index contributed by atoms with van der Waals surface area (Å²) in [5.41, 5.74) is 4.22. The number of nitrogens with one attached hydrogen (secondary N) is 1. The zero-order valence-electron chi connectivity index (χ0n) is 16.7. The highest BCUT2D eigenvalue weighted by Gasteiger charge is 2.37. The van der Waals surface area contributed by atoms with Crippen LogP contribution in [-0.4, -0.2) is 28.5 Å². The molecule has 1 aliphatic heterocycles. The zero-order valence-corrected chi connectivity index (χ0v) is 16.7. The SMILES string of the molecule is CC(=O)N1c2ccccc2[C@H](Nc2cccc3ncccc23)[C@@H](C)[C@@H]1C.O=CO. The summed E-state index contributed by atoms with van der Waals surface area (Å²) in [5, 5.41) is 11.7. The van der Waals surface area contributed by atoms with Crippen LogP contribution in [0.25, 0.3) is 10.9 Å². The van der Waals surface area contributed by atoms with Crippen molar-refractivity contribution in [1.29, 1.82) is 0 Å². The number of fused-ring (bicyclic) bond motifs is 2. The van der Waals surface area contributed by atoms with E-state index < -0.39 is 0 Å². The lowest BCUT2D eigenvalue weighted by Gasteiger charge is -2.44. The number of pyridine rings is 1. The van der Waals surface area contributed by atoms with Gasteiger partial charge in [0.15, 0.2) is 0 Å². The minimum Gasteiger partial charge on any atom is -0.483 e. The van der Waals surface area contributed by atoms with Gasteiger partial charge in [-0.1, -0.05) is 31.2 Å². The van der Waals surface area contributed by atoms with Gasteiger partial charge in [0.25, 0.3) is 6.47 Å². The summed E-state index contributed by atoms with van der Waals surface area (Å²) >= 11 is 0. The number of benzene rings is 2. The molecule has 0 saturated carbocycles. The Morgan fingerprint density at radius 1 is 1.10 bits per heavy atom. The van der Waals surface area contributed by atoms with Gasteiger partial charge in [-0.15, -0.1) is 0 Å². The maximum atomic E-state index is 12.3. The molecule has 0 saturated heterocycles. The summed E-state index contributed by atoms with van der Waals surface area (Å²) in [4.78, 5) is 27.0. The van der Waals surface area contributed by atoms with Crippen LogP contribution in [-0.2, 0) is 9.59 Å². The summed E-state index contributed by atoms with van der Waals surface area (Å²) in [6, 6.07) is 18.7. The molecule has 29 heavy (non-hydrogen) atoms. The summed E-state index contributed by atoms with van der Waals surface area (Å²) in [7, 11) is 0. The van der Waals surface area contributed by atoms with Gasteiger partial charge in [-0.2, -0.15) is 0 Å². The van der Waals surface area contributed by atoms with Crippen molar-refractivity contribution in [2.24, 2.45) is 5.92 Å². The van der Waals surface area contributed by atoms with E-state index in [2.05, 4.69) is 42.3 Å². The molecule has 0 aliphatic carbocycles. The van der Waals surface area contributed by atoms with Crippen LogP contribution in [0.1, 0.15) is 32.4 Å². The van der Waals surface area contributed by atoms with Gasteiger partial charge in [0.2, 0.25) is 5.91 Å². The molecule has 0 fully saturated rings.